The highest BCUT2D eigenvalue weighted by molar-refractivity contribution is 5.84. The van der Waals surface area contributed by atoms with Gasteiger partial charge in [-0.05, 0) is 30.9 Å². The van der Waals surface area contributed by atoms with Gasteiger partial charge in [-0.1, -0.05) is 32.0 Å². The Labute approximate surface area is 109 Å². The molecule has 0 saturated carbocycles. The number of benzene rings is 1. The van der Waals surface area contributed by atoms with Gasteiger partial charge in [-0.25, -0.2) is 0 Å². The van der Waals surface area contributed by atoms with Crippen LogP contribution in [0.2, 0.25) is 0 Å². The molecule has 2 heterocycles. The Morgan fingerprint density at radius 3 is 2.78 bits per heavy atom. The predicted octanol–water partition coefficient (Wildman–Crippen LogP) is 3.71. The van der Waals surface area contributed by atoms with Crippen LogP contribution in [0.25, 0.3) is 10.9 Å². The van der Waals surface area contributed by atoms with Gasteiger partial charge in [0, 0.05) is 35.7 Å². The summed E-state index contributed by atoms with van der Waals surface area (Å²) in [6, 6.07) is 9.43. The second-order valence-electron chi connectivity index (χ2n) is 5.32. The van der Waals surface area contributed by atoms with E-state index in [0.717, 1.165) is 12.6 Å². The Bertz CT molecular complexity index is 537. The van der Waals surface area contributed by atoms with E-state index in [1.807, 2.05) is 0 Å². The normalized spacial score (nSPS) is 16.4. The minimum atomic E-state index is 0.740. The third kappa shape index (κ3) is 1.85. The number of fused-ring (bicyclic) bond motifs is 3. The van der Waals surface area contributed by atoms with E-state index in [2.05, 4.69) is 48.0 Å². The number of H-pyrrole nitrogens is 1. The van der Waals surface area contributed by atoms with Gasteiger partial charge in [0.2, 0.25) is 0 Å². The first kappa shape index (κ1) is 11.8. The molecular weight excluding hydrogens is 220 g/mol. The maximum atomic E-state index is 3.61. The highest BCUT2D eigenvalue weighted by Gasteiger charge is 2.23. The van der Waals surface area contributed by atoms with Crippen LogP contribution in [-0.4, -0.2) is 22.5 Å². The van der Waals surface area contributed by atoms with Crippen molar-refractivity contribution in [3.05, 3.63) is 35.5 Å². The average molecular weight is 242 g/mol. The monoisotopic (exact) mass is 242 g/mol. The zero-order valence-electron chi connectivity index (χ0n) is 11.4. The van der Waals surface area contributed by atoms with Crippen molar-refractivity contribution >= 4 is 10.9 Å². The Kier molecular flexibility index (Phi) is 3.13. The molecule has 1 aliphatic heterocycles. The van der Waals surface area contributed by atoms with Crippen molar-refractivity contribution in [2.75, 3.05) is 6.54 Å². The molecule has 0 saturated heterocycles. The van der Waals surface area contributed by atoms with Crippen molar-refractivity contribution in [3.8, 4) is 0 Å². The summed E-state index contributed by atoms with van der Waals surface area (Å²) in [5, 5.41) is 1.43. The van der Waals surface area contributed by atoms with Crippen LogP contribution in [0.5, 0.6) is 0 Å². The van der Waals surface area contributed by atoms with Crippen molar-refractivity contribution in [1.29, 1.82) is 0 Å². The highest BCUT2D eigenvalue weighted by Crippen LogP contribution is 2.28. The molecule has 0 atom stereocenters. The summed E-state index contributed by atoms with van der Waals surface area (Å²) in [6.45, 7) is 6.90. The lowest BCUT2D eigenvalue weighted by Gasteiger charge is -2.33. The number of aromatic amines is 1. The Hall–Kier alpha value is -1.28. The van der Waals surface area contributed by atoms with E-state index in [-0.39, 0.29) is 0 Å². The largest absolute Gasteiger partial charge is 0.357 e. The lowest BCUT2D eigenvalue weighted by molar-refractivity contribution is 0.167. The van der Waals surface area contributed by atoms with E-state index in [1.54, 1.807) is 5.56 Å². The standard InChI is InChI=1S/C16H22N2/c1-3-12(4-2)18-10-9-14-13-7-5-6-8-15(13)17-16(14)11-18/h5-8,12,17H,3-4,9-11H2,1-2H3. The van der Waals surface area contributed by atoms with Crippen molar-refractivity contribution in [3.63, 3.8) is 0 Å². The van der Waals surface area contributed by atoms with Gasteiger partial charge in [0.25, 0.3) is 0 Å². The fourth-order valence-corrected chi connectivity index (χ4v) is 3.33. The van der Waals surface area contributed by atoms with Gasteiger partial charge in [0.05, 0.1) is 0 Å². The Balaban J connectivity index is 1.93. The first-order valence-corrected chi connectivity index (χ1v) is 7.16. The van der Waals surface area contributed by atoms with Crippen LogP contribution in [0, 0.1) is 0 Å². The summed E-state index contributed by atoms with van der Waals surface area (Å²) >= 11 is 0. The van der Waals surface area contributed by atoms with Crippen molar-refractivity contribution < 1.29 is 0 Å². The van der Waals surface area contributed by atoms with Crippen molar-refractivity contribution in [2.24, 2.45) is 0 Å². The van der Waals surface area contributed by atoms with Crippen LogP contribution in [-0.2, 0) is 13.0 Å². The molecule has 3 rings (SSSR count). The van der Waals surface area contributed by atoms with Crippen LogP contribution >= 0.6 is 0 Å². The maximum Gasteiger partial charge on any atom is 0.0459 e. The molecule has 1 N–H and O–H groups in total. The lowest BCUT2D eigenvalue weighted by atomic mass is 10.0. The molecule has 1 aromatic carbocycles. The van der Waals surface area contributed by atoms with Gasteiger partial charge in [0.1, 0.15) is 0 Å². The first-order valence-electron chi connectivity index (χ1n) is 7.16. The number of para-hydroxylation sites is 1. The SMILES string of the molecule is CCC(CC)N1CCc2c([nH]c3ccccc23)C1. The summed E-state index contributed by atoms with van der Waals surface area (Å²) < 4.78 is 0. The molecule has 0 spiro atoms. The quantitative estimate of drug-likeness (QED) is 0.869. The second-order valence-corrected chi connectivity index (χ2v) is 5.32. The Morgan fingerprint density at radius 2 is 2.00 bits per heavy atom. The summed E-state index contributed by atoms with van der Waals surface area (Å²) in [5.74, 6) is 0. The zero-order valence-corrected chi connectivity index (χ0v) is 11.4. The summed E-state index contributed by atoms with van der Waals surface area (Å²) in [7, 11) is 0. The number of hydrogen-bond donors (Lipinski definition) is 1. The first-order chi connectivity index (χ1) is 8.83. The van der Waals surface area contributed by atoms with Crippen molar-refractivity contribution in [2.45, 2.75) is 45.7 Å². The second kappa shape index (κ2) is 4.77. The molecule has 0 aliphatic carbocycles. The number of nitrogens with one attached hydrogen (secondary N) is 1. The molecule has 2 heteroatoms. The molecule has 1 aliphatic rings. The van der Waals surface area contributed by atoms with Crippen LogP contribution in [0.3, 0.4) is 0 Å². The number of nitrogens with zero attached hydrogens (tertiary/aromatic N) is 1. The third-order valence-corrected chi connectivity index (χ3v) is 4.37. The molecule has 1 aromatic heterocycles. The molecule has 2 nitrogen and oxygen atoms in total. The molecule has 2 aromatic rings. The average Bonchev–Trinajstić information content (AvgIpc) is 2.78. The maximum absolute atomic E-state index is 3.61. The number of aromatic nitrogens is 1. The molecule has 0 unspecified atom stereocenters. The van der Waals surface area contributed by atoms with E-state index < -0.39 is 0 Å². The molecule has 96 valence electrons. The molecule has 0 radical (unpaired) electrons. The van der Waals surface area contributed by atoms with Gasteiger partial charge < -0.3 is 4.98 Å². The van der Waals surface area contributed by atoms with Gasteiger partial charge in [0.15, 0.2) is 0 Å². The van der Waals surface area contributed by atoms with E-state index in [4.69, 9.17) is 0 Å². The van der Waals surface area contributed by atoms with E-state index in [9.17, 15) is 0 Å². The van der Waals surface area contributed by atoms with Crippen molar-refractivity contribution in [1.82, 2.24) is 9.88 Å². The smallest absolute Gasteiger partial charge is 0.0459 e. The number of hydrogen-bond acceptors (Lipinski definition) is 1. The Morgan fingerprint density at radius 1 is 1.22 bits per heavy atom. The van der Waals surface area contributed by atoms with Crippen LogP contribution in [0.4, 0.5) is 0 Å². The molecule has 0 amide bonds. The van der Waals surface area contributed by atoms with Crippen LogP contribution < -0.4 is 0 Å². The van der Waals surface area contributed by atoms with Gasteiger partial charge in [-0.3, -0.25) is 4.90 Å². The van der Waals surface area contributed by atoms with Gasteiger partial charge in [-0.15, -0.1) is 0 Å². The van der Waals surface area contributed by atoms with Gasteiger partial charge >= 0.3 is 0 Å². The summed E-state index contributed by atoms with van der Waals surface area (Å²) in [4.78, 5) is 6.24. The predicted molar refractivity (Wildman–Crippen MR) is 76.8 cm³/mol. The molecular formula is C16H22N2. The van der Waals surface area contributed by atoms with E-state index >= 15 is 0 Å². The lowest BCUT2D eigenvalue weighted by Crippen LogP contribution is -2.38. The van der Waals surface area contributed by atoms with E-state index in [0.29, 0.717) is 0 Å². The topological polar surface area (TPSA) is 19.0 Å². The van der Waals surface area contributed by atoms with Gasteiger partial charge in [-0.2, -0.15) is 0 Å². The fourth-order valence-electron chi connectivity index (χ4n) is 3.33. The number of rotatable bonds is 3. The summed E-state index contributed by atoms with van der Waals surface area (Å²) in [6.07, 6.45) is 3.70. The zero-order chi connectivity index (χ0) is 12.5. The minimum Gasteiger partial charge on any atom is -0.357 e. The third-order valence-electron chi connectivity index (χ3n) is 4.37. The van der Waals surface area contributed by atoms with Crippen LogP contribution in [0.15, 0.2) is 24.3 Å². The minimum absolute atomic E-state index is 0.740. The fraction of sp³-hybridized carbons (Fsp3) is 0.500. The molecule has 18 heavy (non-hydrogen) atoms. The molecule has 0 bridgehead atoms. The summed E-state index contributed by atoms with van der Waals surface area (Å²) in [5.41, 5.74) is 4.29. The van der Waals surface area contributed by atoms with E-state index in [1.165, 1.54) is 42.4 Å². The molecule has 0 fully saturated rings. The highest BCUT2D eigenvalue weighted by atomic mass is 15.2. The van der Waals surface area contributed by atoms with Crippen LogP contribution in [0.1, 0.15) is 37.9 Å².